The van der Waals surface area contributed by atoms with Gasteiger partial charge in [0, 0.05) is 105 Å². The number of rotatable bonds is 39. The molecule has 2 aliphatic rings. The minimum Gasteiger partial charge on any atom is -0.463 e. The molecule has 0 radical (unpaired) electrons. The Bertz CT molecular complexity index is 1770. The predicted octanol–water partition coefficient (Wildman–Crippen LogP) is 3.01. The van der Waals surface area contributed by atoms with Crippen molar-refractivity contribution in [3.8, 4) is 0 Å². The molecule has 0 aromatic heterocycles. The lowest BCUT2D eigenvalue weighted by atomic mass is 9.92. The molecule has 0 aromatic carbocycles. The maximum absolute atomic E-state index is 12.6. The fourth-order valence-electron chi connectivity index (χ4n) is 8.43. The van der Waals surface area contributed by atoms with Gasteiger partial charge in [-0.25, -0.2) is 0 Å². The highest BCUT2D eigenvalue weighted by atomic mass is 16.7. The minimum atomic E-state index is -1.01. The summed E-state index contributed by atoms with van der Waals surface area (Å²) < 4.78 is 67.6. The van der Waals surface area contributed by atoms with E-state index in [1.165, 1.54) is 48.5 Å². The van der Waals surface area contributed by atoms with Crippen LogP contribution in [-0.2, 0) is 105 Å². The molecule has 10 unspecified atom stereocenters. The summed E-state index contributed by atoms with van der Waals surface area (Å²) in [5.74, 6) is -5.24. The lowest BCUT2D eigenvalue weighted by Crippen LogP contribution is -2.58. The molecule has 2 saturated heterocycles. The van der Waals surface area contributed by atoms with Crippen LogP contribution >= 0.6 is 0 Å². The Balaban J connectivity index is 1.68. The van der Waals surface area contributed by atoms with Crippen LogP contribution in [0.5, 0.6) is 0 Å². The van der Waals surface area contributed by atoms with Crippen molar-refractivity contribution < 1.29 is 105 Å². The normalized spacial score (nSPS) is 23.1. The molecule has 0 aromatic rings. The first-order chi connectivity index (χ1) is 37.1. The third-order valence-corrected chi connectivity index (χ3v) is 12.2. The predicted molar refractivity (Wildman–Crippen MR) is 273 cm³/mol. The summed E-state index contributed by atoms with van der Waals surface area (Å²) in [4.78, 5) is 120. The van der Waals surface area contributed by atoms with E-state index in [1.807, 2.05) is 0 Å². The monoisotopic (exact) mass is 1120 g/mol. The van der Waals surface area contributed by atoms with Gasteiger partial charge in [-0.05, 0) is 39.0 Å². The Morgan fingerprint density at radius 1 is 0.423 bits per heavy atom. The number of carbonyl (C=O) groups excluding carboxylic acids is 10. The molecule has 2 rings (SSSR count). The summed E-state index contributed by atoms with van der Waals surface area (Å²) in [6.07, 6.45) is -0.442. The van der Waals surface area contributed by atoms with Crippen LogP contribution in [0.25, 0.3) is 0 Å². The summed E-state index contributed by atoms with van der Waals surface area (Å²) in [5, 5.41) is 8.60. The van der Waals surface area contributed by atoms with Crippen molar-refractivity contribution in [1.82, 2.24) is 16.0 Å². The summed E-state index contributed by atoms with van der Waals surface area (Å²) in [6, 6.07) is -0.569. The fraction of sp³-hybridized carbons (Fsp3) is 0.811. The van der Waals surface area contributed by atoms with Gasteiger partial charge in [-0.1, -0.05) is 39.5 Å². The average Bonchev–Trinajstić information content (AvgIpc) is 3.37. The lowest BCUT2D eigenvalue weighted by molar-refractivity contribution is -0.288. The Kier molecular flexibility index (Phi) is 34.5. The number of nitrogens with one attached hydrogen (secondary N) is 3. The van der Waals surface area contributed by atoms with Crippen molar-refractivity contribution in [2.75, 3.05) is 65.9 Å². The van der Waals surface area contributed by atoms with Crippen LogP contribution in [0.1, 0.15) is 146 Å². The number of Topliss-reactive ketones (excluding diaryl/α,β-unsaturated/α-hetero) is 1. The van der Waals surface area contributed by atoms with Gasteiger partial charge in [0.15, 0.2) is 24.8 Å². The first-order valence-corrected chi connectivity index (χ1v) is 27.0. The number of amides is 3. The van der Waals surface area contributed by atoms with Crippen LogP contribution in [0.3, 0.4) is 0 Å². The van der Waals surface area contributed by atoms with Crippen LogP contribution < -0.4 is 16.0 Å². The van der Waals surface area contributed by atoms with Crippen LogP contribution in [0.2, 0.25) is 0 Å². The number of esters is 6. The molecule has 10 atom stereocenters. The van der Waals surface area contributed by atoms with E-state index >= 15 is 0 Å². The van der Waals surface area contributed by atoms with Gasteiger partial charge in [0.05, 0.1) is 32.5 Å². The average molecular weight is 1120 g/mol. The Labute approximate surface area is 457 Å². The molecule has 0 bridgehead atoms. The number of carbonyl (C=O) groups is 10. The standard InChI is InChI=1S/C53H87N3O22/c1-33(57)19-18-20-47(66)56-42(29-67-27-21-45(64)54-23-14-10-12-16-25-69-52-34(2)48(73-38(6)60)50(75-40(8)62)43(77-52)31-71-36(4)58)30-68-28-22-46(65)55-24-15-11-13-17-26-70-53-35(3)49(74-39(7)61)51(76-41(9)63)44(78-53)32-72-37(5)59/h34-35,42-44,48-53H,10-32H2,1-9H3,(H,54,64)(H,55,65)(H,56,66). The largest absolute Gasteiger partial charge is 0.463 e. The molecule has 2 fully saturated rings. The number of unbranched alkanes of at least 4 members (excludes halogenated alkanes) is 6. The third kappa shape index (κ3) is 30.1. The molecule has 3 amide bonds. The maximum Gasteiger partial charge on any atom is 0.303 e. The molecule has 0 aliphatic carbocycles. The molecule has 0 spiro atoms. The lowest BCUT2D eigenvalue weighted by Gasteiger charge is -2.43. The van der Waals surface area contributed by atoms with Crippen molar-refractivity contribution in [3.63, 3.8) is 0 Å². The summed E-state index contributed by atoms with van der Waals surface area (Å²) in [7, 11) is 0. The van der Waals surface area contributed by atoms with Gasteiger partial charge in [-0.2, -0.15) is 0 Å². The second kappa shape index (κ2) is 39.1. The van der Waals surface area contributed by atoms with Crippen molar-refractivity contribution in [1.29, 1.82) is 0 Å². The molecule has 2 aliphatic heterocycles. The van der Waals surface area contributed by atoms with Gasteiger partial charge < -0.3 is 77.6 Å². The van der Waals surface area contributed by atoms with Crippen LogP contribution in [-0.4, -0.2) is 181 Å². The summed E-state index contributed by atoms with van der Waals surface area (Å²) in [6.45, 7) is 13.7. The van der Waals surface area contributed by atoms with Gasteiger partial charge in [0.2, 0.25) is 17.7 Å². The Morgan fingerprint density at radius 3 is 1.18 bits per heavy atom. The van der Waals surface area contributed by atoms with E-state index in [1.54, 1.807) is 13.8 Å². The van der Waals surface area contributed by atoms with Gasteiger partial charge in [0.25, 0.3) is 0 Å². The smallest absolute Gasteiger partial charge is 0.303 e. The van der Waals surface area contributed by atoms with Gasteiger partial charge >= 0.3 is 35.8 Å². The van der Waals surface area contributed by atoms with Gasteiger partial charge in [-0.3, -0.25) is 43.2 Å². The molecule has 0 saturated carbocycles. The zero-order valence-corrected chi connectivity index (χ0v) is 47.1. The molecule has 25 heteroatoms. The van der Waals surface area contributed by atoms with Crippen LogP contribution in [0, 0.1) is 11.8 Å². The van der Waals surface area contributed by atoms with Crippen molar-refractivity contribution in [3.05, 3.63) is 0 Å². The Hall–Kier alpha value is -5.34. The number of hydrogen-bond acceptors (Lipinski definition) is 22. The van der Waals surface area contributed by atoms with E-state index in [9.17, 15) is 47.9 Å². The van der Waals surface area contributed by atoms with Crippen molar-refractivity contribution in [2.24, 2.45) is 11.8 Å². The van der Waals surface area contributed by atoms with E-state index in [-0.39, 0.29) is 88.8 Å². The number of ketones is 1. The highest BCUT2D eigenvalue weighted by Crippen LogP contribution is 2.33. The van der Waals surface area contributed by atoms with Crippen molar-refractivity contribution in [2.45, 2.75) is 201 Å². The van der Waals surface area contributed by atoms with Gasteiger partial charge in [-0.15, -0.1) is 0 Å². The van der Waals surface area contributed by atoms with Crippen LogP contribution in [0.4, 0.5) is 0 Å². The fourth-order valence-corrected chi connectivity index (χ4v) is 8.43. The highest BCUT2D eigenvalue weighted by molar-refractivity contribution is 5.79. The van der Waals surface area contributed by atoms with E-state index in [0.717, 1.165) is 25.7 Å². The first-order valence-electron chi connectivity index (χ1n) is 27.0. The summed E-state index contributed by atoms with van der Waals surface area (Å²) >= 11 is 0. The SMILES string of the molecule is CC(=O)CCCC(=O)NC(COCCC(=O)NCCCCCCOC1OC(COC(C)=O)C(OC(C)=O)C(OC(C)=O)C1C)COCCC(=O)NCCCCCCOC1OC(COC(C)=O)C(OC(C)=O)C(OC(C)=O)C1C. The molecular weight excluding hydrogens is 1030 g/mol. The molecule has 446 valence electrons. The summed E-state index contributed by atoms with van der Waals surface area (Å²) in [5.41, 5.74) is 0. The number of ether oxygens (including phenoxy) is 12. The quantitative estimate of drug-likeness (QED) is 0.0452. The van der Waals surface area contributed by atoms with E-state index in [2.05, 4.69) is 16.0 Å². The molecule has 25 nitrogen and oxygen atoms in total. The highest BCUT2D eigenvalue weighted by Gasteiger charge is 2.50. The third-order valence-electron chi connectivity index (χ3n) is 12.2. The molecule has 2 heterocycles. The zero-order chi connectivity index (χ0) is 58.0. The molecular formula is C53H87N3O22. The number of hydrogen-bond donors (Lipinski definition) is 3. The zero-order valence-electron chi connectivity index (χ0n) is 47.1. The second-order valence-corrected chi connectivity index (χ2v) is 19.4. The van der Waals surface area contributed by atoms with Crippen molar-refractivity contribution >= 4 is 59.3 Å². The Morgan fingerprint density at radius 2 is 0.808 bits per heavy atom. The van der Waals surface area contributed by atoms with Gasteiger partial charge in [0.1, 0.15) is 43.4 Å². The van der Waals surface area contributed by atoms with Crippen LogP contribution in [0.15, 0.2) is 0 Å². The molecule has 78 heavy (non-hydrogen) atoms. The van der Waals surface area contributed by atoms with E-state index in [4.69, 9.17) is 56.8 Å². The maximum atomic E-state index is 12.6. The van der Waals surface area contributed by atoms with E-state index in [0.29, 0.717) is 58.4 Å². The topological polar surface area (TPSA) is 318 Å². The van der Waals surface area contributed by atoms with E-state index < -0.39 is 103 Å². The molecule has 3 N–H and O–H groups in total. The minimum absolute atomic E-state index is 0.0201. The first kappa shape index (κ1) is 68.8. The second-order valence-electron chi connectivity index (χ2n) is 19.4.